The van der Waals surface area contributed by atoms with E-state index >= 15 is 0 Å². The van der Waals surface area contributed by atoms with E-state index in [0.717, 1.165) is 28.4 Å². The summed E-state index contributed by atoms with van der Waals surface area (Å²) in [5.41, 5.74) is 8.61. The summed E-state index contributed by atoms with van der Waals surface area (Å²) in [4.78, 5) is 4.39. The Morgan fingerprint density at radius 3 is 2.60 bits per heavy atom. The second-order valence-electron chi connectivity index (χ2n) is 4.37. The summed E-state index contributed by atoms with van der Waals surface area (Å²) in [6, 6.07) is 9.57. The third-order valence-electron chi connectivity index (χ3n) is 3.04. The van der Waals surface area contributed by atoms with Crippen LogP contribution in [0.5, 0.6) is 11.6 Å². The number of aryl methyl sites for hydroxylation is 1. The molecule has 0 atom stereocenters. The normalized spacial score (nSPS) is 10.2. The molecule has 0 unspecified atom stereocenters. The zero-order valence-corrected chi connectivity index (χ0v) is 11.9. The Hall–Kier alpha value is -2.27. The molecule has 5 nitrogen and oxygen atoms in total. The van der Waals surface area contributed by atoms with Gasteiger partial charge in [-0.25, -0.2) is 0 Å². The van der Waals surface area contributed by atoms with Crippen LogP contribution in [0.4, 0.5) is 11.5 Å². The van der Waals surface area contributed by atoms with Crippen LogP contribution in [-0.2, 0) is 6.54 Å². The monoisotopic (exact) mass is 273 g/mol. The fraction of sp³-hybridized carbons (Fsp3) is 0.267. The molecular weight excluding hydrogens is 254 g/mol. The van der Waals surface area contributed by atoms with Crippen molar-refractivity contribution in [2.24, 2.45) is 5.73 Å². The predicted molar refractivity (Wildman–Crippen MR) is 79.7 cm³/mol. The Balaban J connectivity index is 2.30. The number of pyridine rings is 1. The molecule has 2 rings (SSSR count). The Bertz CT molecular complexity index is 600. The lowest BCUT2D eigenvalue weighted by molar-refractivity contribution is 0.398. The first-order valence-corrected chi connectivity index (χ1v) is 6.33. The molecular formula is C15H19N3O2. The maximum absolute atomic E-state index is 5.72. The molecule has 1 heterocycles. The fourth-order valence-electron chi connectivity index (χ4n) is 1.90. The topological polar surface area (TPSA) is 69.4 Å². The predicted octanol–water partition coefficient (Wildman–Crippen LogP) is 2.61. The van der Waals surface area contributed by atoms with Crippen LogP contribution in [0.2, 0.25) is 0 Å². The third kappa shape index (κ3) is 3.00. The van der Waals surface area contributed by atoms with Crippen LogP contribution in [0.25, 0.3) is 0 Å². The van der Waals surface area contributed by atoms with Crippen LogP contribution in [0.3, 0.4) is 0 Å². The quantitative estimate of drug-likeness (QED) is 0.876. The van der Waals surface area contributed by atoms with Crippen molar-refractivity contribution in [2.45, 2.75) is 13.5 Å². The minimum atomic E-state index is 0.420. The maximum atomic E-state index is 5.72. The smallest absolute Gasteiger partial charge is 0.214 e. The number of rotatable bonds is 5. The number of nitrogens with two attached hydrogens (primary N) is 1. The average molecular weight is 273 g/mol. The number of methoxy groups -OCH3 is 2. The Morgan fingerprint density at radius 1 is 1.15 bits per heavy atom. The van der Waals surface area contributed by atoms with E-state index in [0.29, 0.717) is 12.4 Å². The fourth-order valence-corrected chi connectivity index (χ4v) is 1.90. The molecule has 1 aromatic carbocycles. The summed E-state index contributed by atoms with van der Waals surface area (Å²) in [5.74, 6) is 2.12. The maximum Gasteiger partial charge on any atom is 0.214 e. The van der Waals surface area contributed by atoms with Gasteiger partial charge in [-0.2, -0.15) is 4.98 Å². The van der Waals surface area contributed by atoms with E-state index in [9.17, 15) is 0 Å². The number of nitrogens with zero attached hydrogens (tertiary/aromatic N) is 1. The summed E-state index contributed by atoms with van der Waals surface area (Å²) < 4.78 is 10.4. The van der Waals surface area contributed by atoms with Crippen molar-refractivity contribution in [1.29, 1.82) is 0 Å². The van der Waals surface area contributed by atoms with Gasteiger partial charge in [-0.1, -0.05) is 6.07 Å². The van der Waals surface area contributed by atoms with E-state index in [-0.39, 0.29) is 0 Å². The third-order valence-corrected chi connectivity index (χ3v) is 3.04. The average Bonchev–Trinajstić information content (AvgIpc) is 2.49. The van der Waals surface area contributed by atoms with Crippen molar-refractivity contribution < 1.29 is 9.47 Å². The van der Waals surface area contributed by atoms with Crippen molar-refractivity contribution in [3.05, 3.63) is 41.5 Å². The van der Waals surface area contributed by atoms with Crippen molar-refractivity contribution in [3.63, 3.8) is 0 Å². The van der Waals surface area contributed by atoms with Gasteiger partial charge in [0.2, 0.25) is 5.88 Å². The van der Waals surface area contributed by atoms with Crippen molar-refractivity contribution in [2.75, 3.05) is 19.5 Å². The first kappa shape index (κ1) is 14.1. The van der Waals surface area contributed by atoms with Crippen LogP contribution >= 0.6 is 0 Å². The number of anilines is 2. The molecule has 0 amide bonds. The molecule has 0 fully saturated rings. The molecule has 0 aliphatic carbocycles. The summed E-state index contributed by atoms with van der Waals surface area (Å²) in [7, 11) is 3.23. The van der Waals surface area contributed by atoms with E-state index in [1.165, 1.54) is 0 Å². The first-order chi connectivity index (χ1) is 9.67. The highest BCUT2D eigenvalue weighted by atomic mass is 16.5. The van der Waals surface area contributed by atoms with Gasteiger partial charge in [0, 0.05) is 23.9 Å². The number of nitrogens with one attached hydrogen (secondary N) is 1. The molecule has 0 saturated heterocycles. The molecule has 0 spiro atoms. The zero-order chi connectivity index (χ0) is 14.5. The number of benzene rings is 1. The van der Waals surface area contributed by atoms with E-state index < -0.39 is 0 Å². The minimum Gasteiger partial charge on any atom is -0.496 e. The van der Waals surface area contributed by atoms with Crippen LogP contribution in [0.1, 0.15) is 11.1 Å². The minimum absolute atomic E-state index is 0.420. The molecule has 0 saturated carbocycles. The van der Waals surface area contributed by atoms with Crippen LogP contribution in [-0.4, -0.2) is 19.2 Å². The number of aromatic nitrogens is 1. The summed E-state index contributed by atoms with van der Waals surface area (Å²) in [6.07, 6.45) is 0. The van der Waals surface area contributed by atoms with Crippen molar-refractivity contribution in [1.82, 2.24) is 4.98 Å². The Kier molecular flexibility index (Phi) is 4.42. The number of ether oxygens (including phenoxy) is 2. The lowest BCUT2D eigenvalue weighted by atomic mass is 10.1. The molecule has 0 aliphatic rings. The lowest BCUT2D eigenvalue weighted by Crippen LogP contribution is -2.02. The molecule has 0 aliphatic heterocycles. The molecule has 2 aromatic rings. The van der Waals surface area contributed by atoms with Gasteiger partial charge in [0.15, 0.2) is 0 Å². The summed E-state index contributed by atoms with van der Waals surface area (Å²) in [5, 5.41) is 3.27. The second kappa shape index (κ2) is 6.25. The van der Waals surface area contributed by atoms with Crippen molar-refractivity contribution >= 4 is 11.5 Å². The van der Waals surface area contributed by atoms with Gasteiger partial charge in [-0.15, -0.1) is 0 Å². The number of hydrogen-bond acceptors (Lipinski definition) is 5. The standard InChI is InChI=1S/C15H19N3O2/c1-10-4-7-14(20-3)18-15(10)17-12-5-6-13(19-2)11(8-12)9-16/h4-8H,9,16H2,1-3H3,(H,17,18). The highest BCUT2D eigenvalue weighted by molar-refractivity contribution is 5.62. The largest absolute Gasteiger partial charge is 0.496 e. The highest BCUT2D eigenvalue weighted by Crippen LogP contribution is 2.26. The van der Waals surface area contributed by atoms with Gasteiger partial charge in [-0.3, -0.25) is 0 Å². The summed E-state index contributed by atoms with van der Waals surface area (Å²) >= 11 is 0. The second-order valence-corrected chi connectivity index (χ2v) is 4.37. The molecule has 1 aromatic heterocycles. The van der Waals surface area contributed by atoms with Crippen molar-refractivity contribution in [3.8, 4) is 11.6 Å². The lowest BCUT2D eigenvalue weighted by Gasteiger charge is -2.12. The van der Waals surface area contributed by atoms with Gasteiger partial charge >= 0.3 is 0 Å². The number of hydrogen-bond donors (Lipinski definition) is 2. The zero-order valence-electron chi connectivity index (χ0n) is 11.9. The van der Waals surface area contributed by atoms with Gasteiger partial charge in [-0.05, 0) is 30.7 Å². The van der Waals surface area contributed by atoms with Gasteiger partial charge in [0.1, 0.15) is 11.6 Å². The van der Waals surface area contributed by atoms with Gasteiger partial charge in [0.05, 0.1) is 14.2 Å². The van der Waals surface area contributed by atoms with Crippen LogP contribution in [0, 0.1) is 6.92 Å². The van der Waals surface area contributed by atoms with Gasteiger partial charge < -0.3 is 20.5 Å². The molecule has 0 bridgehead atoms. The molecule has 106 valence electrons. The SMILES string of the molecule is COc1ccc(C)c(Nc2ccc(OC)c(CN)c2)n1. The molecule has 5 heteroatoms. The van der Waals surface area contributed by atoms with Crippen LogP contribution in [0.15, 0.2) is 30.3 Å². The molecule has 0 radical (unpaired) electrons. The summed E-state index contributed by atoms with van der Waals surface area (Å²) in [6.45, 7) is 2.41. The van der Waals surface area contributed by atoms with E-state index in [1.807, 2.05) is 37.3 Å². The Labute approximate surface area is 118 Å². The van der Waals surface area contributed by atoms with E-state index in [2.05, 4.69) is 10.3 Å². The molecule has 20 heavy (non-hydrogen) atoms. The molecule has 3 N–H and O–H groups in total. The first-order valence-electron chi connectivity index (χ1n) is 6.33. The van der Waals surface area contributed by atoms with Gasteiger partial charge in [0.25, 0.3) is 0 Å². The van der Waals surface area contributed by atoms with Crippen LogP contribution < -0.4 is 20.5 Å². The Morgan fingerprint density at radius 2 is 1.95 bits per heavy atom. The van der Waals surface area contributed by atoms with E-state index in [4.69, 9.17) is 15.2 Å². The van der Waals surface area contributed by atoms with E-state index in [1.54, 1.807) is 14.2 Å². The highest BCUT2D eigenvalue weighted by Gasteiger charge is 2.06.